The zero-order valence-electron chi connectivity index (χ0n) is 19.7. The largest absolute Gasteiger partial charge is 0.486 e. The van der Waals surface area contributed by atoms with Crippen molar-refractivity contribution >= 4 is 17.4 Å². The van der Waals surface area contributed by atoms with Gasteiger partial charge in [-0.2, -0.15) is 10.4 Å². The predicted molar refractivity (Wildman–Crippen MR) is 125 cm³/mol. The van der Waals surface area contributed by atoms with Crippen molar-refractivity contribution in [3.8, 4) is 22.9 Å². The number of ether oxygens (including phenoxy) is 2. The van der Waals surface area contributed by atoms with Gasteiger partial charge in [-0.25, -0.2) is 23.1 Å². The number of nitriles is 1. The Kier molecular flexibility index (Phi) is 6.73. The Balaban J connectivity index is 1.53. The fourth-order valence-electron chi connectivity index (χ4n) is 3.81. The number of halogens is 2. The first-order valence-corrected chi connectivity index (χ1v) is 11.2. The highest BCUT2D eigenvalue weighted by Crippen LogP contribution is 2.31. The second kappa shape index (κ2) is 9.74. The van der Waals surface area contributed by atoms with Crippen LogP contribution in [-0.4, -0.2) is 70.4 Å². The predicted octanol–water partition coefficient (Wildman–Crippen LogP) is 3.97. The van der Waals surface area contributed by atoms with E-state index in [4.69, 9.17) is 9.47 Å². The summed E-state index contributed by atoms with van der Waals surface area (Å²) < 4.78 is 37.4. The lowest BCUT2D eigenvalue weighted by molar-refractivity contribution is 0.0240. The molecule has 11 heteroatoms. The summed E-state index contributed by atoms with van der Waals surface area (Å²) in [5.41, 5.74) is 1.63. The zero-order chi connectivity index (χ0) is 25.2. The van der Waals surface area contributed by atoms with E-state index in [9.17, 15) is 18.8 Å². The molecule has 0 atom stereocenters. The maximum absolute atomic E-state index is 12.6. The molecule has 4 rings (SSSR count). The first kappa shape index (κ1) is 24.2. The highest BCUT2D eigenvalue weighted by atomic mass is 19.3. The van der Waals surface area contributed by atoms with E-state index in [2.05, 4.69) is 21.1 Å². The zero-order valence-corrected chi connectivity index (χ0v) is 19.7. The van der Waals surface area contributed by atoms with Crippen molar-refractivity contribution in [1.29, 1.82) is 5.26 Å². The Hall–Kier alpha value is -3.94. The highest BCUT2D eigenvalue weighted by Gasteiger charge is 2.26. The monoisotopic (exact) mass is 484 g/mol. The van der Waals surface area contributed by atoms with Crippen LogP contribution >= 0.6 is 0 Å². The van der Waals surface area contributed by atoms with Crippen molar-refractivity contribution in [2.45, 2.75) is 32.8 Å². The summed E-state index contributed by atoms with van der Waals surface area (Å²) in [7, 11) is 0. The Labute approximate surface area is 201 Å². The smallest absolute Gasteiger partial charge is 0.410 e. The van der Waals surface area contributed by atoms with Gasteiger partial charge >= 0.3 is 6.09 Å². The number of pyridine rings is 2. The van der Waals surface area contributed by atoms with Crippen molar-refractivity contribution in [2.75, 3.05) is 37.7 Å². The highest BCUT2D eigenvalue weighted by molar-refractivity contribution is 5.85. The van der Waals surface area contributed by atoms with Crippen molar-refractivity contribution in [3.63, 3.8) is 0 Å². The standard InChI is InChI=1S/C24H26F2N6O3/c1-24(2,3)35-23(33)31-8-6-30(7-9-31)21-5-4-16(12-28-21)19-10-18(34-15-20(25)26)14-32-22(19)17(11-27)13-29-32/h4-5,10,12-14,20H,6-9,15H2,1-3H3. The molecule has 0 unspecified atom stereocenters. The van der Waals surface area contributed by atoms with E-state index in [1.807, 2.05) is 32.9 Å². The molecule has 3 aromatic rings. The minimum atomic E-state index is -2.61. The molecule has 0 aliphatic carbocycles. The number of alkyl halides is 2. The van der Waals surface area contributed by atoms with Crippen molar-refractivity contribution < 1.29 is 23.0 Å². The molecule has 0 radical (unpaired) electrons. The minimum Gasteiger partial charge on any atom is -0.486 e. The fourth-order valence-corrected chi connectivity index (χ4v) is 3.81. The Bertz CT molecular complexity index is 1240. The Morgan fingerprint density at radius 2 is 1.94 bits per heavy atom. The van der Waals surface area contributed by atoms with Gasteiger partial charge in [0.1, 0.15) is 29.8 Å². The normalized spacial score (nSPS) is 14.3. The molecule has 1 saturated heterocycles. The molecular formula is C24H26F2N6O3. The van der Waals surface area contributed by atoms with Crippen LogP contribution in [0.3, 0.4) is 0 Å². The molecule has 0 saturated carbocycles. The molecule has 4 heterocycles. The van der Waals surface area contributed by atoms with Gasteiger partial charge in [0.25, 0.3) is 6.43 Å². The number of hydrogen-bond donors (Lipinski definition) is 0. The van der Waals surface area contributed by atoms with Crippen LogP contribution in [0.5, 0.6) is 5.75 Å². The van der Waals surface area contributed by atoms with Gasteiger partial charge in [-0.15, -0.1) is 0 Å². The SMILES string of the molecule is CC(C)(C)OC(=O)N1CCN(c2ccc(-c3cc(OCC(F)F)cn4ncc(C#N)c34)cn2)CC1. The molecule has 9 nitrogen and oxygen atoms in total. The number of carbonyl (C=O) groups is 1. The number of hydrogen-bond acceptors (Lipinski definition) is 7. The molecule has 1 amide bonds. The van der Waals surface area contributed by atoms with Crippen molar-refractivity contribution in [1.82, 2.24) is 19.5 Å². The molecule has 0 N–H and O–H groups in total. The molecule has 0 bridgehead atoms. The van der Waals surface area contributed by atoms with Crippen LogP contribution in [0.1, 0.15) is 26.3 Å². The number of rotatable bonds is 5. The molecule has 1 aliphatic rings. The quantitative estimate of drug-likeness (QED) is 0.541. The molecule has 1 aliphatic heterocycles. The van der Waals surface area contributed by atoms with Crippen molar-refractivity contribution in [3.05, 3.63) is 42.4 Å². The average Bonchev–Trinajstić information content (AvgIpc) is 3.24. The summed E-state index contributed by atoms with van der Waals surface area (Å²) in [5.74, 6) is 0.954. The lowest BCUT2D eigenvalue weighted by Gasteiger charge is -2.36. The van der Waals surface area contributed by atoms with E-state index >= 15 is 0 Å². The molecule has 1 fully saturated rings. The summed E-state index contributed by atoms with van der Waals surface area (Å²) >= 11 is 0. The summed E-state index contributed by atoms with van der Waals surface area (Å²) in [6.45, 7) is 7.01. The van der Waals surface area contributed by atoms with Gasteiger partial charge in [0.2, 0.25) is 0 Å². The Morgan fingerprint density at radius 3 is 2.54 bits per heavy atom. The van der Waals surface area contributed by atoms with E-state index < -0.39 is 18.6 Å². The third-order valence-electron chi connectivity index (χ3n) is 5.40. The van der Waals surface area contributed by atoms with E-state index in [0.29, 0.717) is 48.4 Å². The van der Waals surface area contributed by atoms with Gasteiger partial charge < -0.3 is 19.3 Å². The third-order valence-corrected chi connectivity index (χ3v) is 5.40. The van der Waals surface area contributed by atoms with Gasteiger partial charge in [-0.3, -0.25) is 0 Å². The van der Waals surface area contributed by atoms with Crippen LogP contribution in [0, 0.1) is 11.3 Å². The van der Waals surface area contributed by atoms with E-state index in [0.717, 1.165) is 5.82 Å². The van der Waals surface area contributed by atoms with Gasteiger partial charge in [0.05, 0.1) is 23.5 Å². The van der Waals surface area contributed by atoms with Gasteiger partial charge in [-0.1, -0.05) is 0 Å². The average molecular weight is 485 g/mol. The van der Waals surface area contributed by atoms with Crippen LogP contribution in [-0.2, 0) is 4.74 Å². The van der Waals surface area contributed by atoms with E-state index in [1.54, 1.807) is 17.2 Å². The first-order valence-electron chi connectivity index (χ1n) is 11.2. The molecule has 35 heavy (non-hydrogen) atoms. The molecule has 0 spiro atoms. The topological polar surface area (TPSA) is 96.0 Å². The molecule has 184 valence electrons. The lowest BCUT2D eigenvalue weighted by Crippen LogP contribution is -2.50. The van der Waals surface area contributed by atoms with Gasteiger partial charge in [0, 0.05) is 43.5 Å². The van der Waals surface area contributed by atoms with E-state index in [1.165, 1.54) is 16.9 Å². The number of amides is 1. The Morgan fingerprint density at radius 1 is 1.20 bits per heavy atom. The molecule has 0 aromatic carbocycles. The maximum Gasteiger partial charge on any atom is 0.410 e. The molecular weight excluding hydrogens is 458 g/mol. The van der Waals surface area contributed by atoms with E-state index in [-0.39, 0.29) is 11.8 Å². The second-order valence-electron chi connectivity index (χ2n) is 9.11. The second-order valence-corrected chi connectivity index (χ2v) is 9.11. The number of aromatic nitrogens is 3. The van der Waals surface area contributed by atoms with Crippen molar-refractivity contribution in [2.24, 2.45) is 0 Å². The summed E-state index contributed by atoms with van der Waals surface area (Å²) in [6.07, 6.45) is 1.61. The number of carbonyl (C=O) groups excluding carboxylic acids is 1. The summed E-state index contributed by atoms with van der Waals surface area (Å²) in [4.78, 5) is 20.6. The fraction of sp³-hybridized carbons (Fsp3) is 0.417. The summed E-state index contributed by atoms with van der Waals surface area (Å²) in [5, 5.41) is 13.6. The van der Waals surface area contributed by atoms with Crippen LogP contribution in [0.4, 0.5) is 19.4 Å². The number of piperazine rings is 1. The van der Waals surface area contributed by atoms with Gasteiger partial charge in [-0.05, 0) is 39.0 Å². The maximum atomic E-state index is 12.6. The van der Waals surface area contributed by atoms with Crippen LogP contribution in [0.25, 0.3) is 16.6 Å². The summed E-state index contributed by atoms with van der Waals surface area (Å²) in [6, 6.07) is 7.41. The minimum absolute atomic E-state index is 0.211. The third kappa shape index (κ3) is 5.59. The number of fused-ring (bicyclic) bond motifs is 1. The van der Waals surface area contributed by atoms with Crippen LogP contribution in [0.2, 0.25) is 0 Å². The van der Waals surface area contributed by atoms with Gasteiger partial charge in [0.15, 0.2) is 0 Å². The lowest BCUT2D eigenvalue weighted by atomic mass is 10.1. The number of nitrogens with zero attached hydrogens (tertiary/aromatic N) is 6. The molecule has 3 aromatic heterocycles. The van der Waals surface area contributed by atoms with Crippen LogP contribution < -0.4 is 9.64 Å². The number of anilines is 1. The first-order chi connectivity index (χ1) is 16.6. The van der Waals surface area contributed by atoms with Crippen LogP contribution in [0.15, 0.2) is 36.8 Å².